The van der Waals surface area contributed by atoms with Crippen LogP contribution in [0.3, 0.4) is 0 Å². The van der Waals surface area contributed by atoms with Gasteiger partial charge in [-0.15, -0.1) is 11.3 Å². The SMILES string of the molecule is Cc1cccc(NCC2CCCN2C(=O)c2cc3c(C(F)F)nn(C)c3s2)n1. The number of anilines is 1. The number of hydrogen-bond donors (Lipinski definition) is 1. The second-order valence-corrected chi connectivity index (χ2v) is 8.01. The maximum Gasteiger partial charge on any atom is 0.282 e. The Balaban J connectivity index is 1.52. The van der Waals surface area contributed by atoms with Crippen molar-refractivity contribution in [1.82, 2.24) is 19.7 Å². The first kappa shape index (κ1) is 18.8. The second kappa shape index (κ2) is 7.46. The molecular formula is C19H21F2N5OS. The zero-order chi connectivity index (χ0) is 19.8. The highest BCUT2D eigenvalue weighted by Crippen LogP contribution is 2.34. The van der Waals surface area contributed by atoms with Gasteiger partial charge in [0.1, 0.15) is 16.3 Å². The quantitative estimate of drug-likeness (QED) is 0.697. The molecule has 1 aliphatic rings. The van der Waals surface area contributed by atoms with Crippen LogP contribution in [-0.2, 0) is 7.05 Å². The molecule has 1 unspecified atom stereocenters. The van der Waals surface area contributed by atoms with Crippen molar-refractivity contribution in [2.24, 2.45) is 7.05 Å². The van der Waals surface area contributed by atoms with Gasteiger partial charge in [-0.2, -0.15) is 5.10 Å². The fourth-order valence-electron chi connectivity index (χ4n) is 3.65. The number of nitrogens with zero attached hydrogens (tertiary/aromatic N) is 4. The minimum atomic E-state index is -2.66. The summed E-state index contributed by atoms with van der Waals surface area (Å²) < 4.78 is 27.8. The summed E-state index contributed by atoms with van der Waals surface area (Å²) in [6.45, 7) is 3.21. The number of aryl methyl sites for hydroxylation is 2. The fourth-order valence-corrected chi connectivity index (χ4v) is 4.69. The van der Waals surface area contributed by atoms with Crippen LogP contribution in [0.25, 0.3) is 10.2 Å². The van der Waals surface area contributed by atoms with Gasteiger partial charge >= 0.3 is 0 Å². The Bertz CT molecular complexity index is 1020. The Hall–Kier alpha value is -2.55. The first-order chi connectivity index (χ1) is 13.4. The Morgan fingerprint density at radius 1 is 1.43 bits per heavy atom. The number of alkyl halides is 2. The number of amides is 1. The summed E-state index contributed by atoms with van der Waals surface area (Å²) in [5.41, 5.74) is 0.663. The summed E-state index contributed by atoms with van der Waals surface area (Å²) >= 11 is 1.22. The Labute approximate surface area is 165 Å². The van der Waals surface area contributed by atoms with Gasteiger partial charge in [0.05, 0.1) is 4.88 Å². The highest BCUT2D eigenvalue weighted by molar-refractivity contribution is 7.20. The number of pyridine rings is 1. The predicted molar refractivity (Wildman–Crippen MR) is 105 cm³/mol. The number of aromatic nitrogens is 3. The summed E-state index contributed by atoms with van der Waals surface area (Å²) in [6.07, 6.45) is -0.834. The topological polar surface area (TPSA) is 63.1 Å². The number of nitrogens with one attached hydrogen (secondary N) is 1. The normalized spacial score (nSPS) is 17.0. The number of hydrogen-bond acceptors (Lipinski definition) is 5. The van der Waals surface area contributed by atoms with E-state index in [1.165, 1.54) is 16.0 Å². The van der Waals surface area contributed by atoms with Crippen molar-refractivity contribution >= 4 is 33.3 Å². The van der Waals surface area contributed by atoms with Crippen molar-refractivity contribution in [1.29, 1.82) is 0 Å². The molecular weight excluding hydrogens is 384 g/mol. The van der Waals surface area contributed by atoms with E-state index in [1.54, 1.807) is 13.1 Å². The molecule has 9 heteroatoms. The van der Waals surface area contributed by atoms with Gasteiger partial charge in [-0.05, 0) is 38.0 Å². The van der Waals surface area contributed by atoms with Gasteiger partial charge in [-0.1, -0.05) is 6.07 Å². The molecule has 6 nitrogen and oxygen atoms in total. The lowest BCUT2D eigenvalue weighted by atomic mass is 10.2. The van der Waals surface area contributed by atoms with Crippen LogP contribution in [0.4, 0.5) is 14.6 Å². The predicted octanol–water partition coefficient (Wildman–Crippen LogP) is 3.99. The second-order valence-electron chi connectivity index (χ2n) is 6.98. The van der Waals surface area contributed by atoms with Gasteiger partial charge in [-0.25, -0.2) is 13.8 Å². The highest BCUT2D eigenvalue weighted by atomic mass is 32.1. The van der Waals surface area contributed by atoms with Gasteiger partial charge in [0.15, 0.2) is 0 Å². The molecule has 1 N–H and O–H groups in total. The molecule has 0 radical (unpaired) electrons. The van der Waals surface area contributed by atoms with Crippen molar-refractivity contribution in [2.45, 2.75) is 32.2 Å². The van der Waals surface area contributed by atoms with E-state index in [9.17, 15) is 13.6 Å². The smallest absolute Gasteiger partial charge is 0.282 e. The lowest BCUT2D eigenvalue weighted by molar-refractivity contribution is 0.0748. The molecule has 0 saturated carbocycles. The number of rotatable bonds is 5. The summed E-state index contributed by atoms with van der Waals surface area (Å²) in [4.78, 5) is 20.4. The number of carbonyl (C=O) groups excluding carboxylic acids is 1. The van der Waals surface area contributed by atoms with Crippen LogP contribution in [0, 0.1) is 6.92 Å². The highest BCUT2D eigenvalue weighted by Gasteiger charge is 2.31. The van der Waals surface area contributed by atoms with Crippen LogP contribution in [0.15, 0.2) is 24.3 Å². The zero-order valence-electron chi connectivity index (χ0n) is 15.7. The number of carbonyl (C=O) groups is 1. The third kappa shape index (κ3) is 3.46. The van der Waals surface area contributed by atoms with Crippen LogP contribution < -0.4 is 5.32 Å². The van der Waals surface area contributed by atoms with Crippen molar-refractivity contribution in [3.05, 3.63) is 40.5 Å². The minimum absolute atomic E-state index is 0.0488. The third-order valence-electron chi connectivity index (χ3n) is 5.00. The molecule has 28 heavy (non-hydrogen) atoms. The van der Waals surface area contributed by atoms with Crippen molar-refractivity contribution in [2.75, 3.05) is 18.4 Å². The molecule has 1 atom stereocenters. The van der Waals surface area contributed by atoms with Crippen molar-refractivity contribution < 1.29 is 13.6 Å². The molecule has 4 rings (SSSR count). The van der Waals surface area contributed by atoms with Crippen LogP contribution in [0.5, 0.6) is 0 Å². The molecule has 1 amide bonds. The van der Waals surface area contributed by atoms with E-state index in [0.29, 0.717) is 28.2 Å². The van der Waals surface area contributed by atoms with E-state index >= 15 is 0 Å². The van der Waals surface area contributed by atoms with Crippen LogP contribution in [-0.4, -0.2) is 44.7 Å². The van der Waals surface area contributed by atoms with E-state index in [1.807, 2.05) is 30.0 Å². The molecule has 3 aromatic heterocycles. The first-order valence-corrected chi connectivity index (χ1v) is 9.99. The lowest BCUT2D eigenvalue weighted by Gasteiger charge is -2.24. The van der Waals surface area contributed by atoms with E-state index in [-0.39, 0.29) is 17.6 Å². The maximum atomic E-state index is 13.2. The van der Waals surface area contributed by atoms with E-state index in [4.69, 9.17) is 0 Å². The Kier molecular flexibility index (Phi) is 5.01. The van der Waals surface area contributed by atoms with Crippen LogP contribution in [0.1, 0.15) is 40.3 Å². The van der Waals surface area contributed by atoms with Crippen molar-refractivity contribution in [3.8, 4) is 0 Å². The standard InChI is InChI=1S/C19H21F2N5OS/c1-11-5-3-7-15(23-11)22-10-12-6-4-8-26(12)18(27)14-9-13-16(17(20)21)24-25(2)19(13)28-14/h3,5,7,9,12,17H,4,6,8,10H2,1-2H3,(H,22,23). The molecule has 1 fully saturated rings. The number of fused-ring (bicyclic) bond motifs is 1. The van der Waals surface area contributed by atoms with Gasteiger partial charge in [0, 0.05) is 37.3 Å². The molecule has 0 spiro atoms. The average molecular weight is 405 g/mol. The summed E-state index contributed by atoms with van der Waals surface area (Å²) in [5.74, 6) is 0.678. The molecule has 0 aliphatic carbocycles. The molecule has 148 valence electrons. The number of likely N-dealkylation sites (tertiary alicyclic amines) is 1. The Morgan fingerprint density at radius 3 is 3.00 bits per heavy atom. The molecule has 1 saturated heterocycles. The Morgan fingerprint density at radius 2 is 2.25 bits per heavy atom. The summed E-state index contributed by atoms with van der Waals surface area (Å²) in [6, 6.07) is 7.38. The molecule has 0 bridgehead atoms. The molecule has 3 aromatic rings. The monoisotopic (exact) mass is 405 g/mol. The summed E-state index contributed by atoms with van der Waals surface area (Å²) in [7, 11) is 1.62. The van der Waals surface area contributed by atoms with Crippen LogP contribution in [0.2, 0.25) is 0 Å². The van der Waals surface area contributed by atoms with E-state index in [0.717, 1.165) is 24.4 Å². The molecule has 4 heterocycles. The average Bonchev–Trinajstić information content (AvgIpc) is 3.36. The van der Waals surface area contributed by atoms with Gasteiger partial charge < -0.3 is 10.2 Å². The summed E-state index contributed by atoms with van der Waals surface area (Å²) in [5, 5.41) is 7.54. The first-order valence-electron chi connectivity index (χ1n) is 9.17. The molecule has 1 aliphatic heterocycles. The molecule has 0 aromatic carbocycles. The fraction of sp³-hybridized carbons (Fsp3) is 0.421. The largest absolute Gasteiger partial charge is 0.368 e. The number of halogens is 2. The lowest BCUT2D eigenvalue weighted by Crippen LogP contribution is -2.39. The number of thiophene rings is 1. The zero-order valence-corrected chi connectivity index (χ0v) is 16.5. The maximum absolute atomic E-state index is 13.2. The van der Waals surface area contributed by atoms with Crippen molar-refractivity contribution in [3.63, 3.8) is 0 Å². The van der Waals surface area contributed by atoms with Gasteiger partial charge in [0.2, 0.25) is 0 Å². The minimum Gasteiger partial charge on any atom is -0.368 e. The van der Waals surface area contributed by atoms with E-state index in [2.05, 4.69) is 15.4 Å². The van der Waals surface area contributed by atoms with Gasteiger partial charge in [0.25, 0.3) is 12.3 Å². The van der Waals surface area contributed by atoms with E-state index < -0.39 is 6.43 Å². The van der Waals surface area contributed by atoms with Crippen LogP contribution >= 0.6 is 11.3 Å². The third-order valence-corrected chi connectivity index (χ3v) is 6.19. The van der Waals surface area contributed by atoms with Gasteiger partial charge in [-0.3, -0.25) is 9.48 Å².